The van der Waals surface area contributed by atoms with Crippen LogP contribution >= 0.6 is 0 Å². The van der Waals surface area contributed by atoms with Crippen molar-refractivity contribution in [2.24, 2.45) is 5.73 Å². The van der Waals surface area contributed by atoms with Crippen LogP contribution in [0.1, 0.15) is 11.6 Å². The molecule has 2 N–H and O–H groups in total. The van der Waals surface area contributed by atoms with Gasteiger partial charge in [-0.05, 0) is 19.7 Å². The largest absolute Gasteiger partial charge is 0.323 e. The van der Waals surface area contributed by atoms with E-state index in [9.17, 15) is 0 Å². The van der Waals surface area contributed by atoms with Gasteiger partial charge in [0.15, 0.2) is 0 Å². The molecule has 0 spiro atoms. The summed E-state index contributed by atoms with van der Waals surface area (Å²) in [6.07, 6.45) is 0. The average Bonchev–Trinajstić information content (AvgIpc) is 2.32. The molecule has 3 heteroatoms. The van der Waals surface area contributed by atoms with E-state index in [-0.39, 0.29) is 6.04 Å². The van der Waals surface area contributed by atoms with Gasteiger partial charge in [-0.15, -0.1) is 0 Å². The highest BCUT2D eigenvalue weighted by molar-refractivity contribution is 5.20. The Morgan fingerprint density at radius 3 is 2.56 bits per heavy atom. The van der Waals surface area contributed by atoms with Gasteiger partial charge in [0.05, 0.1) is 0 Å². The van der Waals surface area contributed by atoms with E-state index in [2.05, 4.69) is 48.2 Å². The highest BCUT2D eigenvalue weighted by atomic mass is 15.3. The molecule has 1 aromatic carbocycles. The van der Waals surface area contributed by atoms with Crippen LogP contribution in [0.5, 0.6) is 0 Å². The maximum atomic E-state index is 6.35. The van der Waals surface area contributed by atoms with Crippen molar-refractivity contribution in [2.75, 3.05) is 33.7 Å². The second-order valence-electron chi connectivity index (χ2n) is 4.75. The van der Waals surface area contributed by atoms with Gasteiger partial charge in [0.1, 0.15) is 0 Å². The van der Waals surface area contributed by atoms with Crippen molar-refractivity contribution >= 4 is 0 Å². The summed E-state index contributed by atoms with van der Waals surface area (Å²) in [5, 5.41) is 0. The van der Waals surface area contributed by atoms with Gasteiger partial charge in [-0.2, -0.15) is 0 Å². The Kier molecular flexibility index (Phi) is 3.59. The summed E-state index contributed by atoms with van der Waals surface area (Å²) in [5.41, 5.74) is 7.59. The molecule has 2 rings (SSSR count). The molecule has 2 unspecified atom stereocenters. The summed E-state index contributed by atoms with van der Waals surface area (Å²) in [6.45, 7) is 3.28. The second-order valence-corrected chi connectivity index (χ2v) is 4.75. The Morgan fingerprint density at radius 2 is 1.88 bits per heavy atom. The molecule has 0 saturated carbocycles. The molecule has 0 aromatic heterocycles. The second kappa shape index (κ2) is 4.95. The minimum atomic E-state index is 0.106. The van der Waals surface area contributed by atoms with Crippen molar-refractivity contribution in [1.29, 1.82) is 0 Å². The van der Waals surface area contributed by atoms with Crippen molar-refractivity contribution in [3.8, 4) is 0 Å². The van der Waals surface area contributed by atoms with Gasteiger partial charge in [0.25, 0.3) is 0 Å². The molecular formula is C13H21N3. The lowest BCUT2D eigenvalue weighted by Gasteiger charge is -2.40. The fraction of sp³-hybridized carbons (Fsp3) is 0.538. The minimum absolute atomic E-state index is 0.106. The lowest BCUT2D eigenvalue weighted by molar-refractivity contribution is 0.0974. The first-order valence-electron chi connectivity index (χ1n) is 5.88. The summed E-state index contributed by atoms with van der Waals surface area (Å²) >= 11 is 0. The standard InChI is InChI=1S/C13H21N3/c1-15-8-9-16(2)12(10-15)13(14)11-6-4-3-5-7-11/h3-7,12-13H,8-10,14H2,1-2H3. The van der Waals surface area contributed by atoms with Crippen LogP contribution in [0, 0.1) is 0 Å². The van der Waals surface area contributed by atoms with E-state index in [0.29, 0.717) is 6.04 Å². The van der Waals surface area contributed by atoms with Crippen molar-refractivity contribution in [3.63, 3.8) is 0 Å². The van der Waals surface area contributed by atoms with E-state index in [4.69, 9.17) is 5.73 Å². The minimum Gasteiger partial charge on any atom is -0.323 e. The van der Waals surface area contributed by atoms with Gasteiger partial charge in [0, 0.05) is 31.7 Å². The van der Waals surface area contributed by atoms with E-state index in [1.54, 1.807) is 0 Å². The fourth-order valence-corrected chi connectivity index (χ4v) is 2.33. The molecule has 0 bridgehead atoms. The summed E-state index contributed by atoms with van der Waals surface area (Å²) in [6, 6.07) is 10.9. The van der Waals surface area contributed by atoms with E-state index in [1.807, 2.05) is 6.07 Å². The van der Waals surface area contributed by atoms with Gasteiger partial charge >= 0.3 is 0 Å². The van der Waals surface area contributed by atoms with Crippen LogP contribution in [0.3, 0.4) is 0 Å². The third-order valence-corrected chi connectivity index (χ3v) is 3.50. The molecule has 1 heterocycles. The zero-order valence-corrected chi connectivity index (χ0v) is 10.1. The monoisotopic (exact) mass is 219 g/mol. The third kappa shape index (κ3) is 2.43. The van der Waals surface area contributed by atoms with Crippen molar-refractivity contribution in [2.45, 2.75) is 12.1 Å². The molecule has 1 aromatic rings. The van der Waals surface area contributed by atoms with E-state index in [1.165, 1.54) is 5.56 Å². The van der Waals surface area contributed by atoms with Crippen LogP contribution in [0.15, 0.2) is 30.3 Å². The fourth-order valence-electron chi connectivity index (χ4n) is 2.33. The summed E-state index contributed by atoms with van der Waals surface area (Å²) in [7, 11) is 4.33. The van der Waals surface area contributed by atoms with Crippen LogP contribution in [-0.4, -0.2) is 49.6 Å². The number of hydrogen-bond donors (Lipinski definition) is 1. The Morgan fingerprint density at radius 1 is 1.19 bits per heavy atom. The first-order chi connectivity index (χ1) is 7.68. The Bertz CT molecular complexity index is 325. The normalized spacial score (nSPS) is 25.6. The van der Waals surface area contributed by atoms with Gasteiger partial charge in [-0.3, -0.25) is 4.90 Å². The van der Waals surface area contributed by atoms with Gasteiger partial charge < -0.3 is 10.6 Å². The van der Waals surface area contributed by atoms with Crippen molar-refractivity contribution < 1.29 is 0 Å². The predicted octanol–water partition coefficient (Wildman–Crippen LogP) is 0.932. The number of benzene rings is 1. The molecule has 88 valence electrons. The first-order valence-corrected chi connectivity index (χ1v) is 5.88. The van der Waals surface area contributed by atoms with Crippen LogP contribution in [0.4, 0.5) is 0 Å². The first kappa shape index (κ1) is 11.6. The predicted molar refractivity (Wildman–Crippen MR) is 67.3 cm³/mol. The number of nitrogens with two attached hydrogens (primary N) is 1. The van der Waals surface area contributed by atoms with E-state index in [0.717, 1.165) is 19.6 Å². The van der Waals surface area contributed by atoms with Gasteiger partial charge in [-0.25, -0.2) is 0 Å². The molecule has 1 saturated heterocycles. The number of nitrogens with zero attached hydrogens (tertiary/aromatic N) is 2. The highest BCUT2D eigenvalue weighted by Gasteiger charge is 2.28. The third-order valence-electron chi connectivity index (χ3n) is 3.50. The maximum Gasteiger partial charge on any atom is 0.0465 e. The number of piperazine rings is 1. The zero-order chi connectivity index (χ0) is 11.5. The van der Waals surface area contributed by atoms with Crippen LogP contribution < -0.4 is 5.73 Å². The van der Waals surface area contributed by atoms with E-state index >= 15 is 0 Å². The topological polar surface area (TPSA) is 32.5 Å². The summed E-state index contributed by atoms with van der Waals surface area (Å²) in [4.78, 5) is 4.73. The Hall–Kier alpha value is -0.900. The van der Waals surface area contributed by atoms with Gasteiger partial charge in [0.2, 0.25) is 0 Å². The molecule has 1 aliphatic heterocycles. The highest BCUT2D eigenvalue weighted by Crippen LogP contribution is 2.20. The van der Waals surface area contributed by atoms with Crippen molar-refractivity contribution in [1.82, 2.24) is 9.80 Å². The smallest absolute Gasteiger partial charge is 0.0465 e. The summed E-state index contributed by atoms with van der Waals surface area (Å²) in [5.74, 6) is 0. The molecule has 3 nitrogen and oxygen atoms in total. The van der Waals surface area contributed by atoms with Crippen LogP contribution in [0.2, 0.25) is 0 Å². The molecule has 16 heavy (non-hydrogen) atoms. The molecule has 1 fully saturated rings. The Balaban J connectivity index is 2.11. The SMILES string of the molecule is CN1CCN(C)C(C(N)c2ccccc2)C1. The maximum absolute atomic E-state index is 6.35. The summed E-state index contributed by atoms with van der Waals surface area (Å²) < 4.78 is 0. The van der Waals surface area contributed by atoms with Crippen LogP contribution in [-0.2, 0) is 0 Å². The quantitative estimate of drug-likeness (QED) is 0.803. The lowest BCUT2D eigenvalue weighted by atomic mass is 9.97. The van der Waals surface area contributed by atoms with E-state index < -0.39 is 0 Å². The lowest BCUT2D eigenvalue weighted by Crippen LogP contribution is -2.54. The van der Waals surface area contributed by atoms with Crippen molar-refractivity contribution in [3.05, 3.63) is 35.9 Å². The molecule has 2 atom stereocenters. The number of hydrogen-bond acceptors (Lipinski definition) is 3. The molecular weight excluding hydrogens is 198 g/mol. The van der Waals surface area contributed by atoms with Crippen LogP contribution in [0.25, 0.3) is 0 Å². The molecule has 0 amide bonds. The average molecular weight is 219 g/mol. The Labute approximate surface area is 97.8 Å². The molecule has 0 aliphatic carbocycles. The van der Waals surface area contributed by atoms with Gasteiger partial charge in [-0.1, -0.05) is 30.3 Å². The zero-order valence-electron chi connectivity index (χ0n) is 10.1. The number of likely N-dealkylation sites (N-methyl/N-ethyl adjacent to an activating group) is 2. The molecule has 1 aliphatic rings. The number of rotatable bonds is 2. The molecule has 0 radical (unpaired) electrons.